The van der Waals surface area contributed by atoms with E-state index in [4.69, 9.17) is 0 Å². The molecule has 0 spiro atoms. The summed E-state index contributed by atoms with van der Waals surface area (Å²) in [5, 5.41) is 15.0. The quantitative estimate of drug-likeness (QED) is 0.529. The van der Waals surface area contributed by atoms with Crippen molar-refractivity contribution in [2.75, 3.05) is 17.2 Å². The minimum absolute atomic E-state index is 0.189. The predicted octanol–water partition coefficient (Wildman–Crippen LogP) is 5.23. The van der Waals surface area contributed by atoms with E-state index in [1.54, 1.807) is 4.90 Å². The Bertz CT molecular complexity index is 1070. The van der Waals surface area contributed by atoms with Gasteiger partial charge in [0, 0.05) is 16.7 Å². The van der Waals surface area contributed by atoms with E-state index in [-0.39, 0.29) is 23.0 Å². The number of halogens is 1. The number of aryl methyl sites for hydroxylation is 1. The number of para-hydroxylation sites is 1. The third kappa shape index (κ3) is 4.52. The molecule has 9 heteroatoms. The summed E-state index contributed by atoms with van der Waals surface area (Å²) in [7, 11) is 0. The zero-order valence-corrected chi connectivity index (χ0v) is 18.7. The molecule has 1 aliphatic heterocycles. The van der Waals surface area contributed by atoms with Crippen LogP contribution in [0.5, 0.6) is 0 Å². The van der Waals surface area contributed by atoms with Gasteiger partial charge in [-0.2, -0.15) is 0 Å². The summed E-state index contributed by atoms with van der Waals surface area (Å²) in [4.78, 5) is 27.1. The van der Waals surface area contributed by atoms with Crippen molar-refractivity contribution in [3.63, 3.8) is 0 Å². The molecular weight excluding hydrogens is 466 g/mol. The zero-order chi connectivity index (χ0) is 21.1. The number of carbonyl (C=O) groups excluding carboxylic acids is 2. The number of nitrogens with one attached hydrogen (secondary N) is 2. The first-order chi connectivity index (χ1) is 14.5. The van der Waals surface area contributed by atoms with Crippen molar-refractivity contribution >= 4 is 50.6 Å². The second kappa shape index (κ2) is 8.93. The molecule has 7 nitrogen and oxygen atoms in total. The number of amides is 3. The van der Waals surface area contributed by atoms with E-state index in [2.05, 4.69) is 36.8 Å². The number of anilines is 2. The Morgan fingerprint density at radius 3 is 2.63 bits per heavy atom. The van der Waals surface area contributed by atoms with Crippen molar-refractivity contribution in [3.05, 3.63) is 68.6 Å². The van der Waals surface area contributed by atoms with Crippen LogP contribution in [0.4, 0.5) is 16.2 Å². The molecule has 1 fully saturated rings. The van der Waals surface area contributed by atoms with Crippen molar-refractivity contribution in [2.45, 2.75) is 25.8 Å². The lowest BCUT2D eigenvalue weighted by molar-refractivity contribution is 0.102. The lowest BCUT2D eigenvalue weighted by Gasteiger charge is -2.23. The highest BCUT2D eigenvalue weighted by atomic mass is 79.9. The zero-order valence-electron chi connectivity index (χ0n) is 16.3. The molecular formula is C21H20BrN5O2S. The maximum absolute atomic E-state index is 12.8. The summed E-state index contributed by atoms with van der Waals surface area (Å²) in [6, 6.07) is 14.7. The summed E-state index contributed by atoms with van der Waals surface area (Å²) < 4.78 is 0.820. The van der Waals surface area contributed by atoms with Gasteiger partial charge in [0.1, 0.15) is 5.01 Å². The Morgan fingerprint density at radius 1 is 1.10 bits per heavy atom. The van der Waals surface area contributed by atoms with Crippen LogP contribution in [-0.2, 0) is 0 Å². The highest BCUT2D eigenvalue weighted by Crippen LogP contribution is 2.34. The number of aromatic nitrogens is 2. The molecule has 3 aromatic rings. The average molecular weight is 486 g/mol. The van der Waals surface area contributed by atoms with Crippen LogP contribution < -0.4 is 10.6 Å². The maximum Gasteiger partial charge on any atom is 0.322 e. The van der Waals surface area contributed by atoms with Crippen LogP contribution in [-0.4, -0.2) is 33.6 Å². The summed E-state index contributed by atoms with van der Waals surface area (Å²) >= 11 is 4.67. The molecule has 3 amide bonds. The topological polar surface area (TPSA) is 87.2 Å². The molecule has 0 saturated carbocycles. The van der Waals surface area contributed by atoms with Gasteiger partial charge in [-0.15, -0.1) is 10.2 Å². The molecule has 2 heterocycles. The molecule has 1 saturated heterocycles. The van der Waals surface area contributed by atoms with E-state index in [0.717, 1.165) is 22.9 Å². The number of likely N-dealkylation sites (tertiary alicyclic amines) is 1. The third-order valence-electron chi connectivity index (χ3n) is 4.86. The van der Waals surface area contributed by atoms with Gasteiger partial charge < -0.3 is 15.5 Å². The fraction of sp³-hybridized carbons (Fsp3) is 0.238. The van der Waals surface area contributed by atoms with Crippen LogP contribution in [0.15, 0.2) is 53.0 Å². The highest BCUT2D eigenvalue weighted by Gasteiger charge is 2.33. The van der Waals surface area contributed by atoms with Crippen molar-refractivity contribution < 1.29 is 9.59 Å². The van der Waals surface area contributed by atoms with Crippen LogP contribution in [0, 0.1) is 6.92 Å². The molecule has 30 heavy (non-hydrogen) atoms. The molecule has 2 aromatic carbocycles. The van der Waals surface area contributed by atoms with Gasteiger partial charge in [-0.3, -0.25) is 4.79 Å². The summed E-state index contributed by atoms with van der Waals surface area (Å²) in [6.45, 7) is 2.62. The van der Waals surface area contributed by atoms with E-state index in [1.807, 2.05) is 55.5 Å². The second-order valence-corrected chi connectivity index (χ2v) is 8.89. The number of hydrogen-bond acceptors (Lipinski definition) is 5. The average Bonchev–Trinajstić information content (AvgIpc) is 3.40. The Labute approximate surface area is 186 Å². The molecule has 4 rings (SSSR count). The van der Waals surface area contributed by atoms with E-state index in [1.165, 1.54) is 11.3 Å². The first kappa shape index (κ1) is 20.5. The Kier molecular flexibility index (Phi) is 6.10. The first-order valence-corrected chi connectivity index (χ1v) is 11.2. The number of hydrogen-bond donors (Lipinski definition) is 2. The van der Waals surface area contributed by atoms with Crippen LogP contribution in [0.1, 0.15) is 39.3 Å². The number of nitrogens with zero attached hydrogens (tertiary/aromatic N) is 3. The largest absolute Gasteiger partial charge is 0.322 e. The summed E-state index contributed by atoms with van der Waals surface area (Å²) in [5.41, 5.74) is 2.54. The van der Waals surface area contributed by atoms with Gasteiger partial charge in [-0.25, -0.2) is 4.79 Å². The first-order valence-electron chi connectivity index (χ1n) is 9.55. The van der Waals surface area contributed by atoms with Gasteiger partial charge in [0.15, 0.2) is 0 Å². The lowest BCUT2D eigenvalue weighted by Crippen LogP contribution is -2.34. The molecule has 2 N–H and O–H groups in total. The Hall–Kier alpha value is -2.78. The molecule has 1 aliphatic rings. The van der Waals surface area contributed by atoms with Gasteiger partial charge in [0.25, 0.3) is 5.91 Å². The number of rotatable bonds is 4. The van der Waals surface area contributed by atoms with Crippen molar-refractivity contribution in [1.82, 2.24) is 15.1 Å². The molecule has 1 atom stereocenters. The second-order valence-electron chi connectivity index (χ2n) is 7.03. The van der Waals surface area contributed by atoms with Crippen LogP contribution >= 0.6 is 27.3 Å². The fourth-order valence-electron chi connectivity index (χ4n) is 3.30. The Morgan fingerprint density at radius 2 is 1.87 bits per heavy atom. The van der Waals surface area contributed by atoms with Crippen LogP contribution in [0.25, 0.3) is 0 Å². The molecule has 0 unspecified atom stereocenters. The summed E-state index contributed by atoms with van der Waals surface area (Å²) in [5.74, 6) is -0.301. The highest BCUT2D eigenvalue weighted by molar-refractivity contribution is 9.10. The number of benzene rings is 2. The predicted molar refractivity (Wildman–Crippen MR) is 121 cm³/mol. The number of carbonyl (C=O) groups is 2. The summed E-state index contributed by atoms with van der Waals surface area (Å²) in [6.07, 6.45) is 1.66. The van der Waals surface area contributed by atoms with Crippen LogP contribution in [0.2, 0.25) is 0 Å². The third-order valence-corrected chi connectivity index (χ3v) is 6.57. The molecule has 0 bridgehead atoms. The van der Waals surface area contributed by atoms with Crippen LogP contribution in [0.3, 0.4) is 0 Å². The maximum atomic E-state index is 12.8. The van der Waals surface area contributed by atoms with Gasteiger partial charge in [0.05, 0.1) is 11.7 Å². The van der Waals surface area contributed by atoms with E-state index in [0.29, 0.717) is 22.9 Å². The van der Waals surface area contributed by atoms with Crippen molar-refractivity contribution in [1.29, 1.82) is 0 Å². The van der Waals surface area contributed by atoms with E-state index in [9.17, 15) is 9.59 Å². The van der Waals surface area contributed by atoms with Gasteiger partial charge in [-0.1, -0.05) is 41.2 Å². The Balaban J connectivity index is 1.45. The van der Waals surface area contributed by atoms with E-state index >= 15 is 0 Å². The molecule has 1 aromatic heterocycles. The SMILES string of the molecule is Cc1ccc(NC(=O)c2nnc([C@@H]3CCCN3C(=O)Nc3ccccc3Br)s2)cc1. The van der Waals surface area contributed by atoms with Crippen molar-refractivity contribution in [3.8, 4) is 0 Å². The monoisotopic (exact) mass is 485 g/mol. The standard InChI is InChI=1S/C21H20BrN5O2S/c1-13-8-10-14(11-9-13)23-18(28)20-26-25-19(30-20)17-7-4-12-27(17)21(29)24-16-6-3-2-5-15(16)22/h2-3,5-6,8-11,17H,4,7,12H2,1H3,(H,23,28)(H,24,29)/t17-/m0/s1. The minimum Gasteiger partial charge on any atom is -0.320 e. The molecule has 0 radical (unpaired) electrons. The smallest absolute Gasteiger partial charge is 0.320 e. The van der Waals surface area contributed by atoms with Gasteiger partial charge in [0.2, 0.25) is 5.01 Å². The fourth-order valence-corrected chi connectivity index (χ4v) is 4.57. The van der Waals surface area contributed by atoms with E-state index < -0.39 is 0 Å². The normalized spacial score (nSPS) is 15.8. The molecule has 154 valence electrons. The van der Waals surface area contributed by atoms with Gasteiger partial charge in [-0.05, 0) is 60.0 Å². The minimum atomic E-state index is -0.301. The number of urea groups is 1. The van der Waals surface area contributed by atoms with Crippen molar-refractivity contribution in [2.24, 2.45) is 0 Å². The lowest BCUT2D eigenvalue weighted by atomic mass is 10.2. The molecule has 0 aliphatic carbocycles. The van der Waals surface area contributed by atoms with Gasteiger partial charge >= 0.3 is 6.03 Å².